The highest BCUT2D eigenvalue weighted by Crippen LogP contribution is 2.22. The third-order valence-electron chi connectivity index (χ3n) is 3.05. The lowest BCUT2D eigenvalue weighted by Crippen LogP contribution is -2.29. The third kappa shape index (κ3) is 2.65. The molecule has 1 amide bonds. The molecule has 0 radical (unpaired) electrons. The number of carbonyl (C=O) groups is 1. The van der Waals surface area contributed by atoms with E-state index in [2.05, 4.69) is 36.5 Å². The summed E-state index contributed by atoms with van der Waals surface area (Å²) in [4.78, 5) is 11.5. The van der Waals surface area contributed by atoms with Crippen LogP contribution in [0.2, 0.25) is 0 Å². The molecule has 0 fully saturated rings. The van der Waals surface area contributed by atoms with Crippen molar-refractivity contribution in [2.45, 2.75) is 25.8 Å². The molecule has 1 atom stereocenters. The molecule has 18 heavy (non-hydrogen) atoms. The highest BCUT2D eigenvalue weighted by Gasteiger charge is 2.09. The lowest BCUT2D eigenvalue weighted by Gasteiger charge is -2.11. The number of alkyl halides is 1. The van der Waals surface area contributed by atoms with E-state index in [1.165, 1.54) is 16.3 Å². The number of halogens is 1. The Morgan fingerprint density at radius 2 is 1.89 bits per heavy atom. The molecule has 0 aliphatic carbocycles. The van der Waals surface area contributed by atoms with Gasteiger partial charge in [-0.2, -0.15) is 0 Å². The molecule has 2 aromatic rings. The minimum atomic E-state index is -0.498. The van der Waals surface area contributed by atoms with Gasteiger partial charge in [-0.1, -0.05) is 36.4 Å². The molecule has 0 saturated carbocycles. The summed E-state index contributed by atoms with van der Waals surface area (Å²) in [5, 5.41) is 4.75. The monoisotopic (exact) mass is 261 g/mol. The van der Waals surface area contributed by atoms with E-state index in [0.29, 0.717) is 6.54 Å². The van der Waals surface area contributed by atoms with Gasteiger partial charge in [0.1, 0.15) is 5.38 Å². The van der Waals surface area contributed by atoms with Gasteiger partial charge in [-0.25, -0.2) is 0 Å². The van der Waals surface area contributed by atoms with Crippen LogP contribution in [0.5, 0.6) is 0 Å². The van der Waals surface area contributed by atoms with Crippen molar-refractivity contribution in [3.63, 3.8) is 0 Å². The standard InChI is InChI=1S/C15H16ClNO/c1-10-7-8-12(9-17-15(18)11(2)16)14-6-4-3-5-13(10)14/h3-8,11H,9H2,1-2H3,(H,17,18). The van der Waals surface area contributed by atoms with Gasteiger partial charge in [-0.3, -0.25) is 4.79 Å². The Kier molecular flexibility index (Phi) is 3.87. The maximum absolute atomic E-state index is 11.5. The maximum Gasteiger partial charge on any atom is 0.238 e. The fourth-order valence-electron chi connectivity index (χ4n) is 1.99. The molecular weight excluding hydrogens is 246 g/mol. The van der Waals surface area contributed by atoms with E-state index in [1.807, 2.05) is 12.1 Å². The summed E-state index contributed by atoms with van der Waals surface area (Å²) in [6, 6.07) is 12.3. The molecule has 0 spiro atoms. The minimum absolute atomic E-state index is 0.138. The Balaban J connectivity index is 2.29. The van der Waals surface area contributed by atoms with Crippen LogP contribution >= 0.6 is 11.6 Å². The van der Waals surface area contributed by atoms with E-state index in [9.17, 15) is 4.79 Å². The number of rotatable bonds is 3. The first kappa shape index (κ1) is 12.9. The van der Waals surface area contributed by atoms with Gasteiger partial charge in [0.15, 0.2) is 0 Å². The molecule has 2 nitrogen and oxygen atoms in total. The lowest BCUT2D eigenvalue weighted by molar-refractivity contribution is -0.120. The van der Waals surface area contributed by atoms with E-state index >= 15 is 0 Å². The van der Waals surface area contributed by atoms with Gasteiger partial charge in [0.2, 0.25) is 5.91 Å². The highest BCUT2D eigenvalue weighted by atomic mass is 35.5. The number of aryl methyl sites for hydroxylation is 1. The second-order valence-electron chi connectivity index (χ2n) is 4.42. The molecule has 2 rings (SSSR count). The molecule has 0 aromatic heterocycles. The number of fused-ring (bicyclic) bond motifs is 1. The van der Waals surface area contributed by atoms with Crippen molar-refractivity contribution in [2.75, 3.05) is 0 Å². The number of amides is 1. The first-order chi connectivity index (χ1) is 8.59. The topological polar surface area (TPSA) is 29.1 Å². The van der Waals surface area contributed by atoms with Crippen LogP contribution in [0, 0.1) is 6.92 Å². The van der Waals surface area contributed by atoms with Crippen molar-refractivity contribution in [3.05, 3.63) is 47.5 Å². The van der Waals surface area contributed by atoms with Gasteiger partial charge < -0.3 is 5.32 Å². The summed E-state index contributed by atoms with van der Waals surface area (Å²) < 4.78 is 0. The molecular formula is C15H16ClNO. The van der Waals surface area contributed by atoms with E-state index in [-0.39, 0.29) is 5.91 Å². The zero-order valence-electron chi connectivity index (χ0n) is 10.5. The Hall–Kier alpha value is -1.54. The predicted molar refractivity (Wildman–Crippen MR) is 75.8 cm³/mol. The van der Waals surface area contributed by atoms with Crippen LogP contribution in [0.1, 0.15) is 18.1 Å². The number of benzene rings is 2. The van der Waals surface area contributed by atoms with E-state index in [4.69, 9.17) is 11.6 Å². The summed E-state index contributed by atoms with van der Waals surface area (Å²) in [5.74, 6) is -0.138. The van der Waals surface area contributed by atoms with Gasteiger partial charge in [0, 0.05) is 6.54 Å². The quantitative estimate of drug-likeness (QED) is 0.843. The van der Waals surface area contributed by atoms with E-state index in [0.717, 1.165) is 5.56 Å². The van der Waals surface area contributed by atoms with Gasteiger partial charge in [-0.05, 0) is 35.7 Å². The third-order valence-corrected chi connectivity index (χ3v) is 3.24. The summed E-state index contributed by atoms with van der Waals surface area (Å²) >= 11 is 5.73. The molecule has 0 aliphatic rings. The number of carbonyl (C=O) groups excluding carboxylic acids is 1. The van der Waals surface area contributed by atoms with Crippen molar-refractivity contribution >= 4 is 28.3 Å². The van der Waals surface area contributed by atoms with Crippen molar-refractivity contribution in [3.8, 4) is 0 Å². The van der Waals surface area contributed by atoms with Gasteiger partial charge >= 0.3 is 0 Å². The summed E-state index contributed by atoms with van der Waals surface area (Å²) in [5.41, 5.74) is 2.35. The van der Waals surface area contributed by atoms with Crippen molar-refractivity contribution in [1.29, 1.82) is 0 Å². The Bertz CT molecular complexity index is 578. The fraction of sp³-hybridized carbons (Fsp3) is 0.267. The minimum Gasteiger partial charge on any atom is -0.351 e. The Labute approximate surface area is 112 Å². The zero-order chi connectivity index (χ0) is 13.1. The SMILES string of the molecule is Cc1ccc(CNC(=O)C(C)Cl)c2ccccc12. The molecule has 0 saturated heterocycles. The van der Waals surface area contributed by atoms with E-state index < -0.39 is 5.38 Å². The normalized spacial score (nSPS) is 12.4. The van der Waals surface area contributed by atoms with Crippen LogP contribution in [0.3, 0.4) is 0 Å². The second kappa shape index (κ2) is 5.40. The van der Waals surface area contributed by atoms with Gasteiger partial charge in [0.25, 0.3) is 0 Å². The van der Waals surface area contributed by atoms with Crippen LogP contribution in [0.4, 0.5) is 0 Å². The van der Waals surface area contributed by atoms with Crippen LogP contribution < -0.4 is 5.32 Å². The average molecular weight is 262 g/mol. The summed E-state index contributed by atoms with van der Waals surface area (Å²) in [7, 11) is 0. The van der Waals surface area contributed by atoms with Crippen molar-refractivity contribution in [1.82, 2.24) is 5.32 Å². The fourth-order valence-corrected chi connectivity index (χ4v) is 2.07. The molecule has 3 heteroatoms. The van der Waals surface area contributed by atoms with Gasteiger partial charge in [0.05, 0.1) is 0 Å². The number of nitrogens with one attached hydrogen (secondary N) is 1. The van der Waals surface area contributed by atoms with Crippen molar-refractivity contribution in [2.24, 2.45) is 0 Å². The smallest absolute Gasteiger partial charge is 0.238 e. The molecule has 0 bridgehead atoms. The molecule has 94 valence electrons. The zero-order valence-corrected chi connectivity index (χ0v) is 11.3. The second-order valence-corrected chi connectivity index (χ2v) is 5.08. The summed E-state index contributed by atoms with van der Waals surface area (Å²) in [6.07, 6.45) is 0. The van der Waals surface area contributed by atoms with Crippen LogP contribution in [-0.2, 0) is 11.3 Å². The summed E-state index contributed by atoms with van der Waals surface area (Å²) in [6.45, 7) is 4.27. The largest absolute Gasteiger partial charge is 0.351 e. The molecule has 0 aliphatic heterocycles. The molecule has 1 unspecified atom stereocenters. The van der Waals surface area contributed by atoms with Crippen LogP contribution in [0.15, 0.2) is 36.4 Å². The van der Waals surface area contributed by atoms with E-state index in [1.54, 1.807) is 6.92 Å². The molecule has 0 heterocycles. The Morgan fingerprint density at radius 1 is 1.22 bits per heavy atom. The Morgan fingerprint density at radius 3 is 2.56 bits per heavy atom. The average Bonchev–Trinajstić information content (AvgIpc) is 2.38. The predicted octanol–water partition coefficient (Wildman–Crippen LogP) is 3.39. The van der Waals surface area contributed by atoms with Crippen LogP contribution in [-0.4, -0.2) is 11.3 Å². The van der Waals surface area contributed by atoms with Crippen molar-refractivity contribution < 1.29 is 4.79 Å². The number of hydrogen-bond donors (Lipinski definition) is 1. The molecule has 2 aromatic carbocycles. The lowest BCUT2D eigenvalue weighted by atomic mass is 10.0. The first-order valence-corrected chi connectivity index (χ1v) is 6.42. The number of hydrogen-bond acceptors (Lipinski definition) is 1. The molecule has 1 N–H and O–H groups in total. The van der Waals surface area contributed by atoms with Crippen LogP contribution in [0.25, 0.3) is 10.8 Å². The highest BCUT2D eigenvalue weighted by molar-refractivity contribution is 6.30. The van der Waals surface area contributed by atoms with Gasteiger partial charge in [-0.15, -0.1) is 11.6 Å². The maximum atomic E-state index is 11.5. The first-order valence-electron chi connectivity index (χ1n) is 5.98.